The summed E-state index contributed by atoms with van der Waals surface area (Å²) >= 11 is 0. The van der Waals surface area contributed by atoms with Gasteiger partial charge in [0.1, 0.15) is 5.70 Å². The third-order valence-electron chi connectivity index (χ3n) is 4.66. The first-order valence-corrected chi connectivity index (χ1v) is 7.26. The Bertz CT molecular complexity index is 388. The largest absolute Gasteiger partial charge is 0.477 e. The molecule has 2 atom stereocenters. The van der Waals surface area contributed by atoms with E-state index >= 15 is 0 Å². The molecule has 0 aromatic heterocycles. The van der Waals surface area contributed by atoms with Gasteiger partial charge in [0, 0.05) is 5.92 Å². The van der Waals surface area contributed by atoms with Gasteiger partial charge in [0.05, 0.1) is 0 Å². The van der Waals surface area contributed by atoms with Crippen molar-refractivity contribution in [3.8, 4) is 0 Å². The molecule has 0 aromatic carbocycles. The van der Waals surface area contributed by atoms with Gasteiger partial charge in [0.2, 0.25) is 5.91 Å². The van der Waals surface area contributed by atoms with E-state index in [9.17, 15) is 14.7 Å². The Morgan fingerprint density at radius 3 is 2.16 bits per heavy atom. The molecule has 2 aliphatic carbocycles. The van der Waals surface area contributed by atoms with E-state index in [4.69, 9.17) is 0 Å². The highest BCUT2D eigenvalue weighted by molar-refractivity contribution is 5.94. The normalized spacial score (nSPS) is 31.9. The highest BCUT2D eigenvalue weighted by Gasteiger charge is 2.48. The van der Waals surface area contributed by atoms with Gasteiger partial charge in [-0.2, -0.15) is 0 Å². The van der Waals surface area contributed by atoms with Crippen LogP contribution in [0.3, 0.4) is 0 Å². The smallest absolute Gasteiger partial charge is 0.352 e. The Balaban J connectivity index is 1.97. The van der Waals surface area contributed by atoms with Gasteiger partial charge in [-0.25, -0.2) is 4.79 Å². The van der Waals surface area contributed by atoms with Gasteiger partial charge in [0.25, 0.3) is 0 Å². The minimum atomic E-state index is -1.03. The molecule has 0 aromatic rings. The Kier molecular flexibility index (Phi) is 4.27. The summed E-state index contributed by atoms with van der Waals surface area (Å²) in [6, 6.07) is 0. The maximum Gasteiger partial charge on any atom is 0.352 e. The summed E-state index contributed by atoms with van der Waals surface area (Å²) in [5, 5.41) is 11.8. The van der Waals surface area contributed by atoms with Crippen LogP contribution in [0.5, 0.6) is 0 Å². The molecule has 19 heavy (non-hydrogen) atoms. The molecule has 4 nitrogen and oxygen atoms in total. The number of hydrogen-bond acceptors (Lipinski definition) is 2. The van der Waals surface area contributed by atoms with Gasteiger partial charge in [-0.05, 0) is 30.6 Å². The second kappa shape index (κ2) is 5.76. The maximum atomic E-state index is 12.0. The first-order valence-electron chi connectivity index (χ1n) is 7.26. The van der Waals surface area contributed by atoms with Crippen molar-refractivity contribution < 1.29 is 14.7 Å². The van der Waals surface area contributed by atoms with E-state index in [-0.39, 0.29) is 17.5 Å². The third-order valence-corrected chi connectivity index (χ3v) is 4.66. The van der Waals surface area contributed by atoms with Gasteiger partial charge in [-0.15, -0.1) is 0 Å². The van der Waals surface area contributed by atoms with Gasteiger partial charge < -0.3 is 10.4 Å². The maximum absolute atomic E-state index is 12.0. The second-order valence-corrected chi connectivity index (χ2v) is 6.02. The van der Waals surface area contributed by atoms with E-state index in [0.29, 0.717) is 17.8 Å². The van der Waals surface area contributed by atoms with E-state index in [1.165, 1.54) is 6.42 Å². The topological polar surface area (TPSA) is 66.4 Å². The third kappa shape index (κ3) is 3.37. The Morgan fingerprint density at radius 2 is 1.68 bits per heavy atom. The number of allylic oxidation sites excluding steroid dienone is 1. The fourth-order valence-electron chi connectivity index (χ4n) is 3.06. The van der Waals surface area contributed by atoms with Crippen molar-refractivity contribution in [1.29, 1.82) is 0 Å². The van der Waals surface area contributed by atoms with Crippen molar-refractivity contribution in [3.05, 3.63) is 11.8 Å². The van der Waals surface area contributed by atoms with E-state index in [2.05, 4.69) is 5.32 Å². The molecule has 2 saturated carbocycles. The van der Waals surface area contributed by atoms with Gasteiger partial charge in [-0.3, -0.25) is 4.79 Å². The van der Waals surface area contributed by atoms with Crippen LogP contribution in [0.25, 0.3) is 0 Å². The zero-order valence-corrected chi connectivity index (χ0v) is 11.7. The number of rotatable bonds is 4. The molecule has 0 aliphatic heterocycles. The van der Waals surface area contributed by atoms with E-state index in [1.54, 1.807) is 6.08 Å². The second-order valence-electron chi connectivity index (χ2n) is 6.02. The number of hydrogen-bond donors (Lipinski definition) is 2. The summed E-state index contributed by atoms with van der Waals surface area (Å²) in [4.78, 5) is 23.2. The zero-order chi connectivity index (χ0) is 14.0. The molecule has 0 spiro atoms. The predicted octanol–water partition coefficient (Wildman–Crippen LogP) is 2.55. The first-order chi connectivity index (χ1) is 9.00. The van der Waals surface area contributed by atoms with E-state index < -0.39 is 5.97 Å². The molecular weight excluding hydrogens is 242 g/mol. The SMILES string of the molecule is CC1C(C)C1C(=O)NC(=CC1CCCCC1)C(=O)O. The summed E-state index contributed by atoms with van der Waals surface area (Å²) in [6.07, 6.45) is 7.34. The molecule has 2 unspecified atom stereocenters. The van der Waals surface area contributed by atoms with Crippen LogP contribution < -0.4 is 5.32 Å². The number of carboxylic acid groups (broad SMARTS) is 1. The van der Waals surface area contributed by atoms with Crippen LogP contribution in [0.2, 0.25) is 0 Å². The monoisotopic (exact) mass is 265 g/mol. The molecule has 106 valence electrons. The highest BCUT2D eigenvalue weighted by atomic mass is 16.4. The molecule has 4 heteroatoms. The van der Waals surface area contributed by atoms with Crippen LogP contribution >= 0.6 is 0 Å². The molecule has 0 saturated heterocycles. The highest BCUT2D eigenvalue weighted by Crippen LogP contribution is 2.45. The van der Waals surface area contributed by atoms with Gasteiger partial charge in [0.15, 0.2) is 0 Å². The number of nitrogens with one attached hydrogen (secondary N) is 1. The zero-order valence-electron chi connectivity index (χ0n) is 11.7. The van der Waals surface area contributed by atoms with Crippen molar-refractivity contribution >= 4 is 11.9 Å². The Labute approximate surface area is 114 Å². The standard InChI is InChI=1S/C15H23NO3/c1-9-10(2)13(9)14(17)16-12(15(18)19)8-11-6-4-3-5-7-11/h8-11,13H,3-7H2,1-2H3,(H,16,17)(H,18,19). The van der Waals surface area contributed by atoms with E-state index in [0.717, 1.165) is 25.7 Å². The van der Waals surface area contributed by atoms with Crippen LogP contribution in [0, 0.1) is 23.7 Å². The van der Waals surface area contributed by atoms with Crippen LogP contribution in [-0.4, -0.2) is 17.0 Å². The number of aliphatic carboxylic acids is 1. The predicted molar refractivity (Wildman–Crippen MR) is 72.3 cm³/mol. The molecule has 2 rings (SSSR count). The molecule has 2 fully saturated rings. The van der Waals surface area contributed by atoms with E-state index in [1.807, 2.05) is 13.8 Å². The van der Waals surface area contributed by atoms with Crippen molar-refractivity contribution in [3.63, 3.8) is 0 Å². The summed E-state index contributed by atoms with van der Waals surface area (Å²) in [5.41, 5.74) is 0.0724. The number of carboxylic acids is 1. The van der Waals surface area contributed by atoms with Crippen LogP contribution in [0.4, 0.5) is 0 Å². The minimum absolute atomic E-state index is 0.0193. The lowest BCUT2D eigenvalue weighted by Crippen LogP contribution is -2.30. The molecular formula is C15H23NO3. The lowest BCUT2D eigenvalue weighted by molar-refractivity contribution is -0.135. The summed E-state index contributed by atoms with van der Waals surface area (Å²) in [6.45, 7) is 4.06. The van der Waals surface area contributed by atoms with Gasteiger partial charge in [-0.1, -0.05) is 39.2 Å². The molecule has 1 amide bonds. The quantitative estimate of drug-likeness (QED) is 0.768. The number of carbonyl (C=O) groups excluding carboxylic acids is 1. The average Bonchev–Trinajstić information content (AvgIpc) is 2.97. The fourth-order valence-corrected chi connectivity index (χ4v) is 3.06. The van der Waals surface area contributed by atoms with Crippen LogP contribution in [0.15, 0.2) is 11.8 Å². The van der Waals surface area contributed by atoms with Crippen molar-refractivity contribution in [2.24, 2.45) is 23.7 Å². The lowest BCUT2D eigenvalue weighted by Gasteiger charge is -2.19. The molecule has 2 N–H and O–H groups in total. The summed E-state index contributed by atoms with van der Waals surface area (Å²) in [7, 11) is 0. The van der Waals surface area contributed by atoms with Gasteiger partial charge >= 0.3 is 5.97 Å². The average molecular weight is 265 g/mol. The number of amides is 1. The number of carbonyl (C=O) groups is 2. The Morgan fingerprint density at radius 1 is 1.11 bits per heavy atom. The van der Waals surface area contributed by atoms with Crippen molar-refractivity contribution in [2.75, 3.05) is 0 Å². The summed E-state index contributed by atoms with van der Waals surface area (Å²) < 4.78 is 0. The Hall–Kier alpha value is -1.32. The molecule has 2 aliphatic rings. The van der Waals surface area contributed by atoms with Crippen molar-refractivity contribution in [1.82, 2.24) is 5.32 Å². The van der Waals surface area contributed by atoms with Crippen LogP contribution in [0.1, 0.15) is 46.0 Å². The van der Waals surface area contributed by atoms with Crippen molar-refractivity contribution in [2.45, 2.75) is 46.0 Å². The fraction of sp³-hybridized carbons (Fsp3) is 0.733. The molecule has 0 radical (unpaired) electrons. The van der Waals surface area contributed by atoms with Crippen LogP contribution in [-0.2, 0) is 9.59 Å². The summed E-state index contributed by atoms with van der Waals surface area (Å²) in [5.74, 6) is -0.151. The minimum Gasteiger partial charge on any atom is -0.477 e. The molecule has 0 heterocycles. The first kappa shape index (κ1) is 14.1. The lowest BCUT2D eigenvalue weighted by atomic mass is 9.88. The molecule has 0 bridgehead atoms.